The van der Waals surface area contributed by atoms with Crippen molar-refractivity contribution in [2.75, 3.05) is 13.1 Å². The largest absolute Gasteiger partial charge is 0.388 e. The minimum Gasteiger partial charge on any atom is -0.388 e. The van der Waals surface area contributed by atoms with E-state index >= 15 is 0 Å². The Morgan fingerprint density at radius 2 is 2.08 bits per heavy atom. The first-order valence-electron chi connectivity index (χ1n) is 9.37. The van der Waals surface area contributed by atoms with Crippen molar-refractivity contribution in [3.8, 4) is 0 Å². The molecular weight excluding hydrogens is 332 g/mol. The molecule has 1 aliphatic carbocycles. The Labute approximate surface area is 152 Å². The van der Waals surface area contributed by atoms with Crippen molar-refractivity contribution in [1.82, 2.24) is 15.2 Å². The van der Waals surface area contributed by atoms with Crippen molar-refractivity contribution in [2.24, 2.45) is 5.16 Å². The van der Waals surface area contributed by atoms with E-state index in [0.717, 1.165) is 18.5 Å². The predicted molar refractivity (Wildman–Crippen MR) is 95.4 cm³/mol. The van der Waals surface area contributed by atoms with Crippen molar-refractivity contribution in [3.63, 3.8) is 0 Å². The number of aromatic nitrogens is 1. The molecule has 2 aliphatic heterocycles. The summed E-state index contributed by atoms with van der Waals surface area (Å²) >= 11 is 0. The third-order valence-electron chi connectivity index (χ3n) is 5.63. The number of nitrogens with one attached hydrogen (secondary N) is 1. The van der Waals surface area contributed by atoms with Gasteiger partial charge in [0.05, 0.1) is 6.42 Å². The second kappa shape index (κ2) is 7.05. The lowest BCUT2D eigenvalue weighted by Gasteiger charge is -2.37. The molecule has 1 spiro atoms. The van der Waals surface area contributed by atoms with Gasteiger partial charge < -0.3 is 15.1 Å². The van der Waals surface area contributed by atoms with Crippen molar-refractivity contribution >= 4 is 17.5 Å². The van der Waals surface area contributed by atoms with Crippen LogP contribution in [0.3, 0.4) is 0 Å². The van der Waals surface area contributed by atoms with Gasteiger partial charge in [-0.2, -0.15) is 0 Å². The second-order valence-electron chi connectivity index (χ2n) is 7.47. The van der Waals surface area contributed by atoms with Crippen molar-refractivity contribution < 1.29 is 14.4 Å². The molecule has 4 rings (SSSR count). The molecular formula is C19H24N4O3. The number of carbonyl (C=O) groups is 2. The first kappa shape index (κ1) is 17.0. The van der Waals surface area contributed by atoms with Crippen LogP contribution in [0.15, 0.2) is 29.6 Å². The summed E-state index contributed by atoms with van der Waals surface area (Å²) in [5.74, 6) is -0.0133. The molecule has 26 heavy (non-hydrogen) atoms. The van der Waals surface area contributed by atoms with Crippen molar-refractivity contribution in [3.05, 3.63) is 30.1 Å². The smallest absolute Gasteiger partial charge is 0.269 e. The Morgan fingerprint density at radius 1 is 1.27 bits per heavy atom. The normalized spacial score (nSPS) is 21.7. The maximum absolute atomic E-state index is 12.5. The van der Waals surface area contributed by atoms with E-state index in [0.29, 0.717) is 50.5 Å². The molecule has 1 saturated carbocycles. The summed E-state index contributed by atoms with van der Waals surface area (Å²) in [5, 5.41) is 7.07. The predicted octanol–water partition coefficient (Wildman–Crippen LogP) is 1.43. The molecule has 0 radical (unpaired) electrons. The molecule has 0 aromatic carbocycles. The van der Waals surface area contributed by atoms with E-state index in [2.05, 4.69) is 15.5 Å². The number of carbonyl (C=O) groups excluding carboxylic acids is 2. The number of nitrogens with zero attached hydrogens (tertiary/aromatic N) is 3. The lowest BCUT2D eigenvalue weighted by molar-refractivity contribution is -0.136. The third-order valence-corrected chi connectivity index (χ3v) is 5.63. The van der Waals surface area contributed by atoms with Gasteiger partial charge in [0.1, 0.15) is 11.3 Å². The first-order chi connectivity index (χ1) is 12.6. The molecule has 3 heterocycles. The highest BCUT2D eigenvalue weighted by atomic mass is 16.7. The number of oxime groups is 1. The molecule has 1 aromatic heterocycles. The summed E-state index contributed by atoms with van der Waals surface area (Å²) in [6.45, 7) is 1.25. The number of hydrogen-bond donors (Lipinski definition) is 1. The van der Waals surface area contributed by atoms with Crippen LogP contribution in [0.25, 0.3) is 0 Å². The van der Waals surface area contributed by atoms with Crippen LogP contribution in [0, 0.1) is 0 Å². The van der Waals surface area contributed by atoms with Gasteiger partial charge in [-0.25, -0.2) is 0 Å². The van der Waals surface area contributed by atoms with E-state index in [1.54, 1.807) is 6.20 Å². The number of rotatable bonds is 4. The van der Waals surface area contributed by atoms with Gasteiger partial charge in [0.25, 0.3) is 5.91 Å². The standard InChI is InChI=1S/C19H24N4O3/c24-17(12-15-4-1-2-9-20-15)23-10-7-19(8-11-23)13-16(22-26-19)18(25)21-14-5-3-6-14/h1-2,4,9,14H,3,5-8,10-13H2,(H,21,25). The molecule has 0 unspecified atom stereocenters. The minimum atomic E-state index is -0.423. The number of pyridine rings is 1. The number of amides is 2. The monoisotopic (exact) mass is 356 g/mol. The molecule has 0 bridgehead atoms. The zero-order chi connectivity index (χ0) is 18.0. The van der Waals surface area contributed by atoms with Crippen LogP contribution in [0.2, 0.25) is 0 Å². The highest BCUT2D eigenvalue weighted by Gasteiger charge is 2.44. The van der Waals surface area contributed by atoms with Crippen LogP contribution in [-0.2, 0) is 20.8 Å². The summed E-state index contributed by atoms with van der Waals surface area (Å²) in [5.41, 5.74) is 0.854. The van der Waals surface area contributed by atoms with Gasteiger partial charge in [-0.1, -0.05) is 11.2 Å². The van der Waals surface area contributed by atoms with E-state index in [1.807, 2.05) is 23.1 Å². The highest BCUT2D eigenvalue weighted by molar-refractivity contribution is 6.39. The van der Waals surface area contributed by atoms with Crippen LogP contribution in [0.1, 0.15) is 44.2 Å². The topological polar surface area (TPSA) is 83.9 Å². The van der Waals surface area contributed by atoms with E-state index < -0.39 is 5.60 Å². The third kappa shape index (κ3) is 3.57. The van der Waals surface area contributed by atoms with Crippen LogP contribution < -0.4 is 5.32 Å². The van der Waals surface area contributed by atoms with Crippen molar-refractivity contribution in [2.45, 2.75) is 56.6 Å². The molecule has 1 N–H and O–H groups in total. The van der Waals surface area contributed by atoms with Gasteiger partial charge >= 0.3 is 0 Å². The van der Waals surface area contributed by atoms with Crippen LogP contribution in [0.4, 0.5) is 0 Å². The minimum absolute atomic E-state index is 0.0837. The fraction of sp³-hybridized carbons (Fsp3) is 0.579. The summed E-state index contributed by atoms with van der Waals surface area (Å²) in [7, 11) is 0. The summed E-state index contributed by atoms with van der Waals surface area (Å²) < 4.78 is 0. The first-order valence-corrected chi connectivity index (χ1v) is 9.37. The van der Waals surface area contributed by atoms with E-state index in [1.165, 1.54) is 6.42 Å². The molecule has 1 aromatic rings. The quantitative estimate of drug-likeness (QED) is 0.885. The molecule has 1 saturated heterocycles. The van der Waals surface area contributed by atoms with Crippen LogP contribution in [-0.4, -0.2) is 52.1 Å². The fourth-order valence-electron chi connectivity index (χ4n) is 3.67. The number of piperidine rings is 1. The van der Waals surface area contributed by atoms with E-state index in [-0.39, 0.29) is 11.8 Å². The average molecular weight is 356 g/mol. The Hall–Kier alpha value is -2.44. The average Bonchev–Trinajstić information content (AvgIpc) is 3.03. The molecule has 138 valence electrons. The molecule has 2 fully saturated rings. The van der Waals surface area contributed by atoms with Gasteiger partial charge in [0.15, 0.2) is 0 Å². The summed E-state index contributed by atoms with van der Waals surface area (Å²) in [6, 6.07) is 5.90. The van der Waals surface area contributed by atoms with Gasteiger partial charge in [0.2, 0.25) is 5.91 Å². The SMILES string of the molecule is O=C(NC1CCC1)C1=NOC2(CCN(C(=O)Cc3ccccn3)CC2)C1. The van der Waals surface area contributed by atoms with E-state index in [4.69, 9.17) is 4.84 Å². The summed E-state index contributed by atoms with van der Waals surface area (Å²) in [6.07, 6.45) is 7.24. The Balaban J connectivity index is 1.27. The maximum atomic E-state index is 12.5. The molecule has 2 amide bonds. The number of hydrogen-bond acceptors (Lipinski definition) is 5. The maximum Gasteiger partial charge on any atom is 0.269 e. The molecule has 7 heteroatoms. The van der Waals surface area contributed by atoms with Gasteiger partial charge in [-0.05, 0) is 31.4 Å². The molecule has 7 nitrogen and oxygen atoms in total. The van der Waals surface area contributed by atoms with Crippen LogP contribution >= 0.6 is 0 Å². The van der Waals surface area contributed by atoms with Gasteiger partial charge in [-0.3, -0.25) is 14.6 Å². The lowest BCUT2D eigenvalue weighted by atomic mass is 9.86. The zero-order valence-electron chi connectivity index (χ0n) is 14.8. The fourth-order valence-corrected chi connectivity index (χ4v) is 3.67. The van der Waals surface area contributed by atoms with Gasteiger partial charge in [-0.15, -0.1) is 0 Å². The highest BCUT2D eigenvalue weighted by Crippen LogP contribution is 2.35. The zero-order valence-corrected chi connectivity index (χ0v) is 14.8. The summed E-state index contributed by atoms with van der Waals surface area (Å²) in [4.78, 5) is 36.5. The Morgan fingerprint density at radius 3 is 2.73 bits per heavy atom. The van der Waals surface area contributed by atoms with Gasteiger partial charge in [0, 0.05) is 50.3 Å². The lowest BCUT2D eigenvalue weighted by Crippen LogP contribution is -2.48. The van der Waals surface area contributed by atoms with E-state index in [9.17, 15) is 9.59 Å². The number of likely N-dealkylation sites (tertiary alicyclic amines) is 1. The second-order valence-corrected chi connectivity index (χ2v) is 7.47. The molecule has 0 atom stereocenters. The molecule has 3 aliphatic rings. The Bertz CT molecular complexity index is 707. The van der Waals surface area contributed by atoms with Crippen molar-refractivity contribution in [1.29, 1.82) is 0 Å². The van der Waals surface area contributed by atoms with Crippen LogP contribution in [0.5, 0.6) is 0 Å². The Kier molecular flexibility index (Phi) is 4.61.